The summed E-state index contributed by atoms with van der Waals surface area (Å²) in [5, 5.41) is 7.97. The van der Waals surface area contributed by atoms with Gasteiger partial charge in [-0.15, -0.1) is 5.10 Å². The van der Waals surface area contributed by atoms with Gasteiger partial charge in [-0.1, -0.05) is 23.3 Å². The monoisotopic (exact) mass is 316 g/mol. The number of rotatable bonds is 2. The number of nitrogens with two attached hydrogens (primary N) is 1. The summed E-state index contributed by atoms with van der Waals surface area (Å²) in [6.07, 6.45) is 0. The lowest BCUT2D eigenvalue weighted by atomic mass is 10.3. The Morgan fingerprint density at radius 1 is 0.947 bits per heavy atom. The Kier molecular flexibility index (Phi) is 3.00. The molecule has 3 rings (SSSR count). The van der Waals surface area contributed by atoms with Gasteiger partial charge in [-0.3, -0.25) is 0 Å². The highest BCUT2D eigenvalue weighted by atomic mass is 79.9. The summed E-state index contributed by atoms with van der Waals surface area (Å²) < 4.78 is 6.33. The zero-order valence-electron chi connectivity index (χ0n) is 9.75. The van der Waals surface area contributed by atoms with Gasteiger partial charge < -0.3 is 10.5 Å². The topological polar surface area (TPSA) is 73.9 Å². The SMILES string of the molecule is Nc1cccc(Br)c1Oc1nnc2ccccc2n1. The molecule has 0 spiro atoms. The van der Waals surface area contributed by atoms with Crippen LogP contribution >= 0.6 is 15.9 Å². The average molecular weight is 317 g/mol. The maximum atomic E-state index is 5.85. The molecule has 1 heterocycles. The minimum absolute atomic E-state index is 0.164. The molecule has 0 bridgehead atoms. The van der Waals surface area contributed by atoms with E-state index < -0.39 is 0 Å². The summed E-state index contributed by atoms with van der Waals surface area (Å²) in [4.78, 5) is 4.28. The van der Waals surface area contributed by atoms with E-state index in [1.54, 1.807) is 6.07 Å². The fourth-order valence-electron chi connectivity index (χ4n) is 1.63. The van der Waals surface area contributed by atoms with Gasteiger partial charge in [0.25, 0.3) is 0 Å². The number of ether oxygens (including phenoxy) is 1. The molecule has 0 aliphatic rings. The predicted octanol–water partition coefficient (Wildman–Crippen LogP) is 3.16. The first-order chi connectivity index (χ1) is 9.24. The normalized spacial score (nSPS) is 10.6. The molecule has 3 aromatic rings. The molecule has 2 aromatic carbocycles. The second kappa shape index (κ2) is 4.81. The van der Waals surface area contributed by atoms with E-state index in [2.05, 4.69) is 31.1 Å². The fourth-order valence-corrected chi connectivity index (χ4v) is 2.10. The standard InChI is InChI=1S/C13H9BrN4O/c14-8-4-3-5-9(15)12(8)19-13-16-10-6-1-2-7-11(10)17-18-13/h1-7H,15H2. The lowest BCUT2D eigenvalue weighted by molar-refractivity contribution is 0.436. The molecule has 0 aliphatic heterocycles. The minimum atomic E-state index is 0.164. The van der Waals surface area contributed by atoms with Crippen LogP contribution in [0, 0.1) is 0 Å². The molecule has 0 amide bonds. The van der Waals surface area contributed by atoms with Gasteiger partial charge in [0.1, 0.15) is 5.52 Å². The molecule has 0 fully saturated rings. The largest absolute Gasteiger partial charge is 0.420 e. The van der Waals surface area contributed by atoms with Gasteiger partial charge in [0, 0.05) is 0 Å². The number of aromatic nitrogens is 3. The molecule has 1 aromatic heterocycles. The van der Waals surface area contributed by atoms with E-state index in [0.29, 0.717) is 11.4 Å². The lowest BCUT2D eigenvalue weighted by Gasteiger charge is -2.08. The summed E-state index contributed by atoms with van der Waals surface area (Å²) in [5.41, 5.74) is 7.79. The highest BCUT2D eigenvalue weighted by Gasteiger charge is 2.09. The lowest BCUT2D eigenvalue weighted by Crippen LogP contribution is -1.98. The van der Waals surface area contributed by atoms with Crippen LogP contribution in [0.4, 0.5) is 5.69 Å². The maximum absolute atomic E-state index is 5.85. The Morgan fingerprint density at radius 3 is 2.53 bits per heavy atom. The number of hydrogen-bond donors (Lipinski definition) is 1. The number of fused-ring (bicyclic) bond motifs is 1. The summed E-state index contributed by atoms with van der Waals surface area (Å²) in [5.74, 6) is 0.486. The van der Waals surface area contributed by atoms with Gasteiger partial charge >= 0.3 is 6.01 Å². The number of nitrogen functional groups attached to an aromatic ring is 1. The summed E-state index contributed by atoms with van der Waals surface area (Å²) >= 11 is 3.37. The van der Waals surface area contributed by atoms with Gasteiger partial charge in [-0.05, 0) is 40.2 Å². The van der Waals surface area contributed by atoms with Crippen LogP contribution in [0.15, 0.2) is 46.9 Å². The van der Waals surface area contributed by atoms with Crippen molar-refractivity contribution in [3.8, 4) is 11.8 Å². The molecule has 94 valence electrons. The Labute approximate surface area is 117 Å². The van der Waals surface area contributed by atoms with Gasteiger partial charge in [0.05, 0.1) is 15.7 Å². The van der Waals surface area contributed by atoms with Crippen molar-refractivity contribution in [3.63, 3.8) is 0 Å². The Bertz CT molecular complexity index is 727. The van der Waals surface area contributed by atoms with E-state index in [4.69, 9.17) is 10.5 Å². The van der Waals surface area contributed by atoms with Crippen LogP contribution in [0.25, 0.3) is 11.0 Å². The van der Waals surface area contributed by atoms with Crippen LogP contribution in [-0.2, 0) is 0 Å². The van der Waals surface area contributed by atoms with Gasteiger partial charge in [0.2, 0.25) is 0 Å². The highest BCUT2D eigenvalue weighted by molar-refractivity contribution is 9.10. The Balaban J connectivity index is 2.01. The van der Waals surface area contributed by atoms with Gasteiger partial charge in [0.15, 0.2) is 5.75 Å². The molecule has 19 heavy (non-hydrogen) atoms. The van der Waals surface area contributed by atoms with Crippen LogP contribution < -0.4 is 10.5 Å². The third-order valence-electron chi connectivity index (χ3n) is 2.53. The van der Waals surface area contributed by atoms with Crippen molar-refractivity contribution in [2.75, 3.05) is 5.73 Å². The maximum Gasteiger partial charge on any atom is 0.341 e. The molecule has 5 nitrogen and oxygen atoms in total. The van der Waals surface area contributed by atoms with Crippen LogP contribution in [0.1, 0.15) is 0 Å². The van der Waals surface area contributed by atoms with E-state index in [1.807, 2.05) is 36.4 Å². The van der Waals surface area contributed by atoms with Crippen molar-refractivity contribution in [3.05, 3.63) is 46.9 Å². The minimum Gasteiger partial charge on any atom is -0.420 e. The van der Waals surface area contributed by atoms with E-state index in [0.717, 1.165) is 15.5 Å². The fraction of sp³-hybridized carbons (Fsp3) is 0. The van der Waals surface area contributed by atoms with Gasteiger partial charge in [-0.25, -0.2) is 0 Å². The summed E-state index contributed by atoms with van der Waals surface area (Å²) in [6.45, 7) is 0. The average Bonchev–Trinajstić information content (AvgIpc) is 2.43. The molecular weight excluding hydrogens is 308 g/mol. The van der Waals surface area contributed by atoms with Crippen molar-refractivity contribution in [1.82, 2.24) is 15.2 Å². The smallest absolute Gasteiger partial charge is 0.341 e. The Hall–Kier alpha value is -2.21. The number of nitrogens with zero attached hydrogens (tertiary/aromatic N) is 3. The third kappa shape index (κ3) is 2.34. The summed E-state index contributed by atoms with van der Waals surface area (Å²) in [6, 6.07) is 13.0. The van der Waals surface area contributed by atoms with E-state index >= 15 is 0 Å². The zero-order chi connectivity index (χ0) is 13.2. The second-order valence-electron chi connectivity index (χ2n) is 3.84. The quantitative estimate of drug-likeness (QED) is 0.735. The van der Waals surface area contributed by atoms with E-state index in [-0.39, 0.29) is 6.01 Å². The van der Waals surface area contributed by atoms with Crippen LogP contribution in [0.5, 0.6) is 11.8 Å². The zero-order valence-corrected chi connectivity index (χ0v) is 11.3. The first kappa shape index (κ1) is 11.9. The van der Waals surface area contributed by atoms with Crippen molar-refractivity contribution in [2.24, 2.45) is 0 Å². The molecule has 0 saturated heterocycles. The molecule has 2 N–H and O–H groups in total. The van der Waals surface area contributed by atoms with Crippen LogP contribution in [0.2, 0.25) is 0 Å². The third-order valence-corrected chi connectivity index (χ3v) is 3.16. The molecule has 0 unspecified atom stereocenters. The number of hydrogen-bond acceptors (Lipinski definition) is 5. The first-order valence-corrected chi connectivity index (χ1v) is 6.34. The number of halogens is 1. The Morgan fingerprint density at radius 2 is 1.74 bits per heavy atom. The van der Waals surface area contributed by atoms with Crippen LogP contribution in [-0.4, -0.2) is 15.2 Å². The van der Waals surface area contributed by atoms with Crippen LogP contribution in [0.3, 0.4) is 0 Å². The van der Waals surface area contributed by atoms with Crippen molar-refractivity contribution in [2.45, 2.75) is 0 Å². The number of anilines is 1. The van der Waals surface area contributed by atoms with Crippen molar-refractivity contribution >= 4 is 32.7 Å². The molecule has 0 atom stereocenters. The number of benzene rings is 2. The molecule has 6 heteroatoms. The van der Waals surface area contributed by atoms with Crippen molar-refractivity contribution < 1.29 is 4.74 Å². The summed E-state index contributed by atoms with van der Waals surface area (Å²) in [7, 11) is 0. The molecular formula is C13H9BrN4O. The van der Waals surface area contributed by atoms with E-state index in [1.165, 1.54) is 0 Å². The first-order valence-electron chi connectivity index (χ1n) is 5.55. The molecule has 0 aliphatic carbocycles. The molecule has 0 saturated carbocycles. The predicted molar refractivity (Wildman–Crippen MR) is 76.0 cm³/mol. The van der Waals surface area contributed by atoms with Gasteiger partial charge in [-0.2, -0.15) is 4.98 Å². The molecule has 0 radical (unpaired) electrons. The van der Waals surface area contributed by atoms with E-state index in [9.17, 15) is 0 Å². The highest BCUT2D eigenvalue weighted by Crippen LogP contribution is 2.33. The van der Waals surface area contributed by atoms with Crippen molar-refractivity contribution in [1.29, 1.82) is 0 Å². The number of para-hydroxylation sites is 2. The second-order valence-corrected chi connectivity index (χ2v) is 4.70.